The first-order valence-electron chi connectivity index (χ1n) is 8.68. The average molecular weight is 375 g/mol. The van der Waals surface area contributed by atoms with E-state index in [0.717, 1.165) is 29.7 Å². The molecule has 6 heteroatoms. The van der Waals surface area contributed by atoms with Crippen LogP contribution >= 0.6 is 0 Å². The number of anilines is 1. The van der Waals surface area contributed by atoms with Crippen LogP contribution in [0.2, 0.25) is 0 Å². The monoisotopic (exact) mass is 375 g/mol. The molecule has 1 amide bonds. The molecule has 0 saturated heterocycles. The summed E-state index contributed by atoms with van der Waals surface area (Å²) in [6.07, 6.45) is 1.51. The summed E-state index contributed by atoms with van der Waals surface area (Å²) in [5.41, 5.74) is 2.91. The maximum atomic E-state index is 12.4. The van der Waals surface area contributed by atoms with Gasteiger partial charge in [0.25, 0.3) is 0 Å². The van der Waals surface area contributed by atoms with Gasteiger partial charge in [0.2, 0.25) is 5.91 Å². The molecule has 140 valence electrons. The molecule has 0 aliphatic rings. The van der Waals surface area contributed by atoms with E-state index in [1.54, 1.807) is 12.1 Å². The minimum absolute atomic E-state index is 0.0877. The van der Waals surface area contributed by atoms with Gasteiger partial charge in [-0.05, 0) is 48.2 Å². The van der Waals surface area contributed by atoms with Crippen molar-refractivity contribution in [2.45, 2.75) is 38.0 Å². The SMILES string of the molecule is CCc1cccc(CC)c1NC(=O)CCS(=O)(=O)c1ccc(OC)cc1. The van der Waals surface area contributed by atoms with Crippen LogP contribution in [0.25, 0.3) is 0 Å². The van der Waals surface area contributed by atoms with Gasteiger partial charge in [0.15, 0.2) is 9.84 Å². The second kappa shape index (κ2) is 8.85. The Balaban J connectivity index is 2.06. The Morgan fingerprint density at radius 2 is 1.58 bits per heavy atom. The van der Waals surface area contributed by atoms with Gasteiger partial charge in [-0.2, -0.15) is 0 Å². The number of methoxy groups -OCH3 is 1. The van der Waals surface area contributed by atoms with E-state index in [1.165, 1.54) is 19.2 Å². The van der Waals surface area contributed by atoms with Crippen molar-refractivity contribution in [3.05, 3.63) is 53.6 Å². The molecule has 0 bridgehead atoms. The van der Waals surface area contributed by atoms with E-state index in [0.29, 0.717) is 5.75 Å². The van der Waals surface area contributed by atoms with Gasteiger partial charge < -0.3 is 10.1 Å². The quantitative estimate of drug-likeness (QED) is 0.765. The first kappa shape index (κ1) is 20.0. The molecule has 0 fully saturated rings. The van der Waals surface area contributed by atoms with Crippen molar-refractivity contribution in [2.75, 3.05) is 18.2 Å². The fraction of sp³-hybridized carbons (Fsp3) is 0.350. The molecular weight excluding hydrogens is 350 g/mol. The molecule has 0 aliphatic carbocycles. The van der Waals surface area contributed by atoms with E-state index in [1.807, 2.05) is 32.0 Å². The largest absolute Gasteiger partial charge is 0.497 e. The van der Waals surface area contributed by atoms with Crippen molar-refractivity contribution in [1.82, 2.24) is 0 Å². The molecule has 0 aromatic heterocycles. The Kier molecular flexibility index (Phi) is 6.80. The van der Waals surface area contributed by atoms with Crippen LogP contribution in [-0.4, -0.2) is 27.2 Å². The summed E-state index contributed by atoms with van der Waals surface area (Å²) in [4.78, 5) is 12.5. The fourth-order valence-electron chi connectivity index (χ4n) is 2.73. The van der Waals surface area contributed by atoms with Gasteiger partial charge in [-0.15, -0.1) is 0 Å². The number of ether oxygens (including phenoxy) is 1. The zero-order chi connectivity index (χ0) is 19.2. The summed E-state index contributed by atoms with van der Waals surface area (Å²) in [6.45, 7) is 4.05. The number of para-hydroxylation sites is 1. The first-order valence-corrected chi connectivity index (χ1v) is 10.3. The molecule has 5 nitrogen and oxygen atoms in total. The topological polar surface area (TPSA) is 72.5 Å². The van der Waals surface area contributed by atoms with Crippen molar-refractivity contribution >= 4 is 21.4 Å². The third-order valence-corrected chi connectivity index (χ3v) is 6.01. The Bertz CT molecular complexity index is 836. The summed E-state index contributed by atoms with van der Waals surface area (Å²) >= 11 is 0. The lowest BCUT2D eigenvalue weighted by Gasteiger charge is -2.14. The molecule has 0 aliphatic heterocycles. The van der Waals surface area contributed by atoms with Crippen molar-refractivity contribution in [2.24, 2.45) is 0 Å². The third-order valence-electron chi connectivity index (χ3n) is 4.28. The number of rotatable bonds is 8. The number of aryl methyl sites for hydroxylation is 2. The lowest BCUT2D eigenvalue weighted by molar-refractivity contribution is -0.115. The van der Waals surface area contributed by atoms with Crippen LogP contribution in [0.4, 0.5) is 5.69 Å². The highest BCUT2D eigenvalue weighted by Crippen LogP contribution is 2.23. The van der Waals surface area contributed by atoms with Gasteiger partial charge in [0.05, 0.1) is 17.8 Å². The van der Waals surface area contributed by atoms with Gasteiger partial charge in [-0.1, -0.05) is 32.0 Å². The van der Waals surface area contributed by atoms with Crippen LogP contribution in [0, 0.1) is 0 Å². The molecule has 0 atom stereocenters. The van der Waals surface area contributed by atoms with Crippen LogP contribution in [0.3, 0.4) is 0 Å². The zero-order valence-electron chi connectivity index (χ0n) is 15.4. The second-order valence-corrected chi connectivity index (χ2v) is 8.06. The van der Waals surface area contributed by atoms with E-state index in [9.17, 15) is 13.2 Å². The number of hydrogen-bond donors (Lipinski definition) is 1. The lowest BCUT2D eigenvalue weighted by atomic mass is 10.0. The second-order valence-electron chi connectivity index (χ2n) is 5.95. The molecule has 0 unspecified atom stereocenters. The first-order chi connectivity index (χ1) is 12.4. The highest BCUT2D eigenvalue weighted by Gasteiger charge is 2.18. The molecule has 0 saturated carbocycles. The fourth-order valence-corrected chi connectivity index (χ4v) is 3.97. The molecular formula is C20H25NO4S. The smallest absolute Gasteiger partial charge is 0.225 e. The van der Waals surface area contributed by atoms with Gasteiger partial charge in [-0.25, -0.2) is 8.42 Å². The molecule has 1 N–H and O–H groups in total. The van der Waals surface area contributed by atoms with E-state index in [2.05, 4.69) is 5.32 Å². The molecule has 0 radical (unpaired) electrons. The maximum absolute atomic E-state index is 12.4. The zero-order valence-corrected chi connectivity index (χ0v) is 16.2. The van der Waals surface area contributed by atoms with Crippen molar-refractivity contribution in [1.29, 1.82) is 0 Å². The summed E-state index contributed by atoms with van der Waals surface area (Å²) in [5.74, 6) is 0.0589. The molecule has 0 spiro atoms. The highest BCUT2D eigenvalue weighted by molar-refractivity contribution is 7.91. The van der Waals surface area contributed by atoms with Crippen molar-refractivity contribution in [3.63, 3.8) is 0 Å². The van der Waals surface area contributed by atoms with Gasteiger partial charge in [0.1, 0.15) is 5.75 Å². The summed E-state index contributed by atoms with van der Waals surface area (Å²) in [5, 5.41) is 2.90. The minimum atomic E-state index is -3.52. The molecule has 2 aromatic rings. The Labute approximate surface area is 155 Å². The standard InChI is InChI=1S/C20H25NO4S/c1-4-15-7-6-8-16(5-2)20(15)21-19(22)13-14-26(23,24)18-11-9-17(25-3)10-12-18/h6-12H,4-5,13-14H2,1-3H3,(H,21,22). The third kappa shape index (κ3) is 4.85. The van der Waals surface area contributed by atoms with Crippen LogP contribution in [-0.2, 0) is 27.5 Å². The molecule has 26 heavy (non-hydrogen) atoms. The maximum Gasteiger partial charge on any atom is 0.225 e. The van der Waals surface area contributed by atoms with Crippen molar-refractivity contribution in [3.8, 4) is 5.75 Å². The number of sulfone groups is 1. The van der Waals surface area contributed by atoms with E-state index in [4.69, 9.17) is 4.74 Å². The number of carbonyl (C=O) groups excluding carboxylic acids is 1. The summed E-state index contributed by atoms with van der Waals surface area (Å²) < 4.78 is 29.9. The van der Waals surface area contributed by atoms with E-state index < -0.39 is 9.84 Å². The number of benzene rings is 2. The summed E-state index contributed by atoms with van der Waals surface area (Å²) in [7, 11) is -2.00. The highest BCUT2D eigenvalue weighted by atomic mass is 32.2. The van der Waals surface area contributed by atoms with Gasteiger partial charge in [-0.3, -0.25) is 4.79 Å². The molecule has 0 heterocycles. The van der Waals surface area contributed by atoms with Crippen LogP contribution in [0.15, 0.2) is 47.4 Å². The Morgan fingerprint density at radius 3 is 2.08 bits per heavy atom. The van der Waals surface area contributed by atoms with E-state index in [-0.39, 0.29) is 23.0 Å². The lowest BCUT2D eigenvalue weighted by Crippen LogP contribution is -2.19. The number of nitrogens with one attached hydrogen (secondary N) is 1. The van der Waals surface area contributed by atoms with Gasteiger partial charge in [0, 0.05) is 12.1 Å². The average Bonchev–Trinajstić information content (AvgIpc) is 2.66. The summed E-state index contributed by atoms with van der Waals surface area (Å²) in [6, 6.07) is 12.1. The minimum Gasteiger partial charge on any atom is -0.497 e. The number of carbonyl (C=O) groups is 1. The predicted molar refractivity (Wildman–Crippen MR) is 103 cm³/mol. The Hall–Kier alpha value is -2.34. The predicted octanol–water partition coefficient (Wildman–Crippen LogP) is 3.62. The molecule has 2 aromatic carbocycles. The molecule has 2 rings (SSSR count). The van der Waals surface area contributed by atoms with Crippen LogP contribution < -0.4 is 10.1 Å². The van der Waals surface area contributed by atoms with Crippen LogP contribution in [0.5, 0.6) is 5.75 Å². The number of amides is 1. The number of hydrogen-bond acceptors (Lipinski definition) is 4. The van der Waals surface area contributed by atoms with Crippen LogP contribution in [0.1, 0.15) is 31.4 Å². The van der Waals surface area contributed by atoms with Gasteiger partial charge >= 0.3 is 0 Å². The van der Waals surface area contributed by atoms with E-state index >= 15 is 0 Å². The van der Waals surface area contributed by atoms with Crippen molar-refractivity contribution < 1.29 is 17.9 Å². The normalized spacial score (nSPS) is 11.2. The Morgan fingerprint density at radius 1 is 1.00 bits per heavy atom.